The third-order valence-electron chi connectivity index (χ3n) is 3.19. The Morgan fingerprint density at radius 1 is 1.00 bits per heavy atom. The average molecular weight is 176 g/mol. The third-order valence-corrected chi connectivity index (χ3v) is 3.19. The molecule has 2 heteroatoms. The van der Waals surface area contributed by atoms with E-state index in [-0.39, 0.29) is 11.2 Å². The summed E-state index contributed by atoms with van der Waals surface area (Å²) < 4.78 is 11.7. The maximum absolute atomic E-state index is 5.87. The van der Waals surface area contributed by atoms with Gasteiger partial charge in [0.25, 0.3) is 0 Å². The quantitative estimate of drug-likeness (QED) is 0.604. The molecule has 0 spiro atoms. The van der Waals surface area contributed by atoms with Crippen molar-refractivity contribution in [3.63, 3.8) is 0 Å². The average Bonchev–Trinajstić information content (AvgIpc) is 2.61. The SMILES string of the molecule is CC12CC1(C)Oc1ccccc1O2. The number of benzene rings is 1. The van der Waals surface area contributed by atoms with Crippen LogP contribution in [0.3, 0.4) is 0 Å². The highest BCUT2D eigenvalue weighted by Crippen LogP contribution is 2.58. The Kier molecular flexibility index (Phi) is 1.02. The Hall–Kier alpha value is -1.18. The van der Waals surface area contributed by atoms with Crippen molar-refractivity contribution in [2.45, 2.75) is 31.5 Å². The molecule has 0 saturated heterocycles. The first-order valence-corrected chi connectivity index (χ1v) is 4.60. The van der Waals surface area contributed by atoms with Crippen molar-refractivity contribution in [2.75, 3.05) is 0 Å². The zero-order valence-electron chi connectivity index (χ0n) is 7.83. The number of rotatable bonds is 0. The highest BCUT2D eigenvalue weighted by molar-refractivity contribution is 5.45. The predicted molar refractivity (Wildman–Crippen MR) is 49.1 cm³/mol. The maximum Gasteiger partial charge on any atom is 0.162 e. The largest absolute Gasteiger partial charge is 0.479 e. The van der Waals surface area contributed by atoms with Gasteiger partial charge in [0.2, 0.25) is 0 Å². The Balaban J connectivity index is 2.08. The van der Waals surface area contributed by atoms with Crippen LogP contribution in [0.2, 0.25) is 0 Å². The fourth-order valence-electron chi connectivity index (χ4n) is 1.99. The number of para-hydroxylation sites is 2. The van der Waals surface area contributed by atoms with Gasteiger partial charge in [-0.25, -0.2) is 0 Å². The van der Waals surface area contributed by atoms with E-state index in [9.17, 15) is 0 Å². The molecule has 1 heterocycles. The molecule has 1 aromatic rings. The molecule has 1 saturated carbocycles. The molecule has 0 amide bonds. The predicted octanol–water partition coefficient (Wildman–Crippen LogP) is 2.38. The van der Waals surface area contributed by atoms with E-state index in [1.165, 1.54) is 0 Å². The highest BCUT2D eigenvalue weighted by Gasteiger charge is 2.69. The van der Waals surface area contributed by atoms with Crippen LogP contribution >= 0.6 is 0 Å². The summed E-state index contributed by atoms with van der Waals surface area (Å²) in [5, 5.41) is 0. The van der Waals surface area contributed by atoms with Gasteiger partial charge in [0.15, 0.2) is 11.5 Å². The fraction of sp³-hybridized carbons (Fsp3) is 0.455. The lowest BCUT2D eigenvalue weighted by molar-refractivity contribution is 0.0430. The zero-order valence-corrected chi connectivity index (χ0v) is 7.83. The van der Waals surface area contributed by atoms with Gasteiger partial charge < -0.3 is 9.47 Å². The van der Waals surface area contributed by atoms with Crippen LogP contribution in [0.1, 0.15) is 20.3 Å². The topological polar surface area (TPSA) is 18.5 Å². The van der Waals surface area contributed by atoms with E-state index in [4.69, 9.17) is 9.47 Å². The molecule has 13 heavy (non-hydrogen) atoms. The summed E-state index contributed by atoms with van der Waals surface area (Å²) in [6, 6.07) is 7.85. The minimum absolute atomic E-state index is 0.0959. The molecule has 2 atom stereocenters. The molecule has 2 aliphatic rings. The van der Waals surface area contributed by atoms with E-state index in [1.807, 2.05) is 24.3 Å². The molecular weight excluding hydrogens is 164 g/mol. The van der Waals surface area contributed by atoms with Crippen molar-refractivity contribution in [2.24, 2.45) is 0 Å². The lowest BCUT2D eigenvalue weighted by Gasteiger charge is -2.28. The molecule has 0 radical (unpaired) electrons. The van der Waals surface area contributed by atoms with Gasteiger partial charge in [-0.2, -0.15) is 0 Å². The van der Waals surface area contributed by atoms with Crippen LogP contribution in [-0.2, 0) is 0 Å². The second-order valence-electron chi connectivity index (χ2n) is 4.29. The van der Waals surface area contributed by atoms with Crippen LogP contribution in [0.25, 0.3) is 0 Å². The van der Waals surface area contributed by atoms with E-state index in [0.29, 0.717) is 0 Å². The Bertz CT molecular complexity index is 339. The molecule has 1 aliphatic carbocycles. The van der Waals surface area contributed by atoms with Crippen molar-refractivity contribution in [1.82, 2.24) is 0 Å². The minimum atomic E-state index is -0.0959. The summed E-state index contributed by atoms with van der Waals surface area (Å²) in [7, 11) is 0. The van der Waals surface area contributed by atoms with Crippen molar-refractivity contribution in [1.29, 1.82) is 0 Å². The summed E-state index contributed by atoms with van der Waals surface area (Å²) in [4.78, 5) is 0. The van der Waals surface area contributed by atoms with Gasteiger partial charge in [0.1, 0.15) is 11.2 Å². The van der Waals surface area contributed by atoms with Crippen LogP contribution in [0.4, 0.5) is 0 Å². The van der Waals surface area contributed by atoms with E-state index in [1.54, 1.807) is 0 Å². The molecule has 0 bridgehead atoms. The normalized spacial score (nSPS) is 39.5. The third kappa shape index (κ3) is 0.781. The van der Waals surface area contributed by atoms with Gasteiger partial charge in [-0.05, 0) is 26.0 Å². The van der Waals surface area contributed by atoms with Gasteiger partial charge in [-0.3, -0.25) is 0 Å². The summed E-state index contributed by atoms with van der Waals surface area (Å²) in [6.07, 6.45) is 0.981. The monoisotopic (exact) mass is 176 g/mol. The summed E-state index contributed by atoms with van der Waals surface area (Å²) in [5.74, 6) is 1.75. The molecule has 2 nitrogen and oxygen atoms in total. The lowest BCUT2D eigenvalue weighted by Crippen LogP contribution is -2.34. The lowest BCUT2D eigenvalue weighted by atomic mass is 10.2. The van der Waals surface area contributed by atoms with Crippen molar-refractivity contribution in [3.8, 4) is 11.5 Å². The maximum atomic E-state index is 5.87. The van der Waals surface area contributed by atoms with Crippen LogP contribution in [-0.4, -0.2) is 11.2 Å². The van der Waals surface area contributed by atoms with Gasteiger partial charge in [0, 0.05) is 6.42 Å². The van der Waals surface area contributed by atoms with Crippen molar-refractivity contribution < 1.29 is 9.47 Å². The molecule has 0 N–H and O–H groups in total. The first-order valence-electron chi connectivity index (χ1n) is 4.60. The minimum Gasteiger partial charge on any atom is -0.479 e. The molecule has 1 fully saturated rings. The van der Waals surface area contributed by atoms with E-state index in [2.05, 4.69) is 13.8 Å². The number of fused-ring (bicyclic) bond motifs is 2. The first kappa shape index (κ1) is 7.25. The Labute approximate surface area is 77.5 Å². The van der Waals surface area contributed by atoms with E-state index >= 15 is 0 Å². The van der Waals surface area contributed by atoms with E-state index < -0.39 is 0 Å². The molecular formula is C11H12O2. The van der Waals surface area contributed by atoms with Crippen molar-refractivity contribution in [3.05, 3.63) is 24.3 Å². The Morgan fingerprint density at radius 2 is 1.46 bits per heavy atom. The van der Waals surface area contributed by atoms with Crippen LogP contribution in [0.5, 0.6) is 11.5 Å². The number of hydrogen-bond acceptors (Lipinski definition) is 2. The zero-order chi connectivity index (χ0) is 9.10. The molecule has 68 valence electrons. The van der Waals surface area contributed by atoms with Gasteiger partial charge in [-0.15, -0.1) is 0 Å². The Morgan fingerprint density at radius 3 is 1.92 bits per heavy atom. The smallest absolute Gasteiger partial charge is 0.162 e. The van der Waals surface area contributed by atoms with Gasteiger partial charge in [-0.1, -0.05) is 12.1 Å². The summed E-state index contributed by atoms with van der Waals surface area (Å²) >= 11 is 0. The molecule has 0 aromatic heterocycles. The van der Waals surface area contributed by atoms with Crippen LogP contribution in [0.15, 0.2) is 24.3 Å². The summed E-state index contributed by atoms with van der Waals surface area (Å²) in [6.45, 7) is 4.20. The number of ether oxygens (including phenoxy) is 2. The second-order valence-corrected chi connectivity index (χ2v) is 4.29. The second kappa shape index (κ2) is 1.84. The van der Waals surface area contributed by atoms with Gasteiger partial charge >= 0.3 is 0 Å². The fourth-order valence-corrected chi connectivity index (χ4v) is 1.99. The van der Waals surface area contributed by atoms with Crippen molar-refractivity contribution >= 4 is 0 Å². The molecule has 1 aliphatic heterocycles. The van der Waals surface area contributed by atoms with Crippen LogP contribution < -0.4 is 9.47 Å². The van der Waals surface area contributed by atoms with E-state index in [0.717, 1.165) is 17.9 Å². The first-order chi connectivity index (χ1) is 6.13. The van der Waals surface area contributed by atoms with Crippen LogP contribution in [0, 0.1) is 0 Å². The highest BCUT2D eigenvalue weighted by atomic mass is 16.6. The molecule has 1 aromatic carbocycles. The number of hydrogen-bond donors (Lipinski definition) is 0. The summed E-state index contributed by atoms with van der Waals surface area (Å²) in [5.41, 5.74) is -0.192. The van der Waals surface area contributed by atoms with Gasteiger partial charge in [0.05, 0.1) is 0 Å². The standard InChI is InChI=1S/C11H12O2/c1-10-7-11(10,2)13-9-6-4-3-5-8(9)12-10/h3-6H,7H2,1-2H3. The molecule has 3 rings (SSSR count). The molecule has 2 unspecified atom stereocenters.